The first-order valence-electron chi connectivity index (χ1n) is 10.9. The van der Waals surface area contributed by atoms with E-state index in [-0.39, 0.29) is 17.9 Å². The van der Waals surface area contributed by atoms with Crippen LogP contribution in [0.15, 0.2) is 71.8 Å². The van der Waals surface area contributed by atoms with E-state index in [2.05, 4.69) is 15.8 Å². The van der Waals surface area contributed by atoms with Crippen molar-refractivity contribution >= 4 is 24.0 Å². The molecule has 186 valence electrons. The first-order valence-corrected chi connectivity index (χ1v) is 10.9. The summed E-state index contributed by atoms with van der Waals surface area (Å²) in [6.07, 6.45) is 1.37. The smallest absolute Gasteiger partial charge is 0.343 e. The molecule has 0 spiro atoms. The minimum atomic E-state index is -0.560. The minimum absolute atomic E-state index is 0.224. The molecule has 0 radical (unpaired) electrons. The molecular formula is C26H24FN3O6. The number of esters is 1. The lowest BCUT2D eigenvalue weighted by atomic mass is 10.2. The molecule has 0 fully saturated rings. The highest BCUT2D eigenvalue weighted by Gasteiger charge is 2.14. The van der Waals surface area contributed by atoms with E-state index in [1.807, 2.05) is 0 Å². The first-order chi connectivity index (χ1) is 17.4. The third-order valence-electron chi connectivity index (χ3n) is 4.71. The lowest BCUT2D eigenvalue weighted by Gasteiger charge is -2.11. The molecule has 0 saturated carbocycles. The number of nitrogens with one attached hydrogen (secondary N) is 2. The molecule has 2 N–H and O–H groups in total. The van der Waals surface area contributed by atoms with Crippen molar-refractivity contribution < 1.29 is 33.0 Å². The van der Waals surface area contributed by atoms with Crippen LogP contribution < -0.4 is 25.0 Å². The molecule has 2 amide bonds. The number of benzene rings is 3. The molecule has 0 aromatic heterocycles. The van der Waals surface area contributed by atoms with Gasteiger partial charge in [0.15, 0.2) is 11.5 Å². The van der Waals surface area contributed by atoms with E-state index in [4.69, 9.17) is 14.2 Å². The van der Waals surface area contributed by atoms with Gasteiger partial charge in [0, 0.05) is 5.56 Å². The number of hydrogen-bond acceptors (Lipinski definition) is 7. The third kappa shape index (κ3) is 7.39. The zero-order valence-corrected chi connectivity index (χ0v) is 19.6. The predicted molar refractivity (Wildman–Crippen MR) is 130 cm³/mol. The summed E-state index contributed by atoms with van der Waals surface area (Å²) in [5, 5.41) is 6.27. The molecule has 3 rings (SSSR count). The van der Waals surface area contributed by atoms with E-state index in [9.17, 15) is 18.8 Å². The second kappa shape index (κ2) is 12.7. The van der Waals surface area contributed by atoms with Gasteiger partial charge in [0.05, 0.1) is 32.0 Å². The maximum Gasteiger partial charge on any atom is 0.343 e. The molecule has 3 aromatic rings. The first kappa shape index (κ1) is 25.9. The Morgan fingerprint density at radius 2 is 1.64 bits per heavy atom. The van der Waals surface area contributed by atoms with E-state index in [0.29, 0.717) is 29.2 Å². The van der Waals surface area contributed by atoms with Gasteiger partial charge in [-0.25, -0.2) is 14.6 Å². The summed E-state index contributed by atoms with van der Waals surface area (Å²) in [4.78, 5) is 36.4. The predicted octanol–water partition coefficient (Wildman–Crippen LogP) is 3.33. The maximum atomic E-state index is 12.9. The van der Waals surface area contributed by atoms with Crippen LogP contribution in [0.2, 0.25) is 0 Å². The molecule has 0 aliphatic carbocycles. The highest BCUT2D eigenvalue weighted by molar-refractivity contribution is 5.96. The van der Waals surface area contributed by atoms with Gasteiger partial charge in [-0.05, 0) is 79.2 Å². The highest BCUT2D eigenvalue weighted by Crippen LogP contribution is 2.29. The molecule has 0 unspecified atom stereocenters. The van der Waals surface area contributed by atoms with Gasteiger partial charge in [-0.15, -0.1) is 0 Å². The van der Waals surface area contributed by atoms with Crippen molar-refractivity contribution in [2.24, 2.45) is 5.10 Å². The third-order valence-corrected chi connectivity index (χ3v) is 4.71. The number of halogens is 1. The number of hydrazone groups is 1. The molecule has 9 nitrogen and oxygen atoms in total. The van der Waals surface area contributed by atoms with E-state index >= 15 is 0 Å². The van der Waals surface area contributed by atoms with Gasteiger partial charge >= 0.3 is 5.97 Å². The van der Waals surface area contributed by atoms with Crippen LogP contribution >= 0.6 is 0 Å². The minimum Gasteiger partial charge on any atom is -0.497 e. The van der Waals surface area contributed by atoms with Crippen molar-refractivity contribution in [2.75, 3.05) is 20.3 Å². The van der Waals surface area contributed by atoms with Crippen LogP contribution in [0.25, 0.3) is 0 Å². The number of ether oxygens (including phenoxy) is 3. The second-order valence-corrected chi connectivity index (χ2v) is 7.24. The van der Waals surface area contributed by atoms with Crippen LogP contribution in [-0.4, -0.2) is 44.3 Å². The number of carbonyl (C=O) groups is 3. The Labute approximate surface area is 206 Å². The summed E-state index contributed by atoms with van der Waals surface area (Å²) in [7, 11) is 1.53. The fourth-order valence-electron chi connectivity index (χ4n) is 2.93. The highest BCUT2D eigenvalue weighted by atomic mass is 19.1. The Hall–Kier alpha value is -4.73. The molecule has 36 heavy (non-hydrogen) atoms. The van der Waals surface area contributed by atoms with Gasteiger partial charge in [0.1, 0.15) is 11.6 Å². The maximum absolute atomic E-state index is 12.9. The van der Waals surface area contributed by atoms with Gasteiger partial charge in [-0.2, -0.15) is 5.10 Å². The topological polar surface area (TPSA) is 115 Å². The number of amides is 2. The second-order valence-electron chi connectivity index (χ2n) is 7.24. The molecule has 0 aliphatic heterocycles. The van der Waals surface area contributed by atoms with Crippen LogP contribution in [0.3, 0.4) is 0 Å². The monoisotopic (exact) mass is 493 g/mol. The van der Waals surface area contributed by atoms with Gasteiger partial charge in [0.2, 0.25) is 0 Å². The van der Waals surface area contributed by atoms with Gasteiger partial charge in [0.25, 0.3) is 11.8 Å². The van der Waals surface area contributed by atoms with E-state index < -0.39 is 23.6 Å². The summed E-state index contributed by atoms with van der Waals surface area (Å²) >= 11 is 0. The zero-order valence-electron chi connectivity index (χ0n) is 19.6. The van der Waals surface area contributed by atoms with Crippen LogP contribution in [0, 0.1) is 5.82 Å². The standard InChI is InChI=1S/C26H24FN3O6/c1-3-35-23-14-17(4-13-22(23)36-26(33)19-7-11-21(34-2)12-8-19)15-29-30-24(31)16-28-25(32)18-5-9-20(27)10-6-18/h4-15H,3,16H2,1-2H3,(H,28,32)(H,30,31)/b29-15+. The Bertz CT molecular complexity index is 1240. The van der Waals surface area contributed by atoms with Crippen molar-refractivity contribution in [3.8, 4) is 17.2 Å². The largest absolute Gasteiger partial charge is 0.497 e. The number of hydrogen-bond donors (Lipinski definition) is 2. The lowest BCUT2D eigenvalue weighted by molar-refractivity contribution is -0.120. The van der Waals surface area contributed by atoms with Crippen molar-refractivity contribution in [1.82, 2.24) is 10.7 Å². The Morgan fingerprint density at radius 1 is 0.944 bits per heavy atom. The van der Waals surface area contributed by atoms with Crippen LogP contribution in [0.5, 0.6) is 17.2 Å². The molecule has 0 aliphatic rings. The summed E-state index contributed by atoms with van der Waals surface area (Å²) in [5.74, 6) is -0.937. The molecule has 0 heterocycles. The Kier molecular flexibility index (Phi) is 9.10. The lowest BCUT2D eigenvalue weighted by Crippen LogP contribution is -2.34. The number of methoxy groups -OCH3 is 1. The van der Waals surface area contributed by atoms with Crippen LogP contribution in [-0.2, 0) is 4.79 Å². The quantitative estimate of drug-likeness (QED) is 0.194. The normalized spacial score (nSPS) is 10.5. The fourth-order valence-corrected chi connectivity index (χ4v) is 2.93. The average Bonchev–Trinajstić information content (AvgIpc) is 2.89. The van der Waals surface area contributed by atoms with Crippen LogP contribution in [0.1, 0.15) is 33.2 Å². The molecular weight excluding hydrogens is 469 g/mol. The molecule has 0 bridgehead atoms. The Balaban J connectivity index is 1.56. The molecule has 10 heteroatoms. The van der Waals surface area contributed by atoms with Crippen LogP contribution in [0.4, 0.5) is 4.39 Å². The Morgan fingerprint density at radius 3 is 2.31 bits per heavy atom. The van der Waals surface area contributed by atoms with Gasteiger partial charge in [-0.3, -0.25) is 9.59 Å². The van der Waals surface area contributed by atoms with Gasteiger partial charge < -0.3 is 19.5 Å². The van der Waals surface area contributed by atoms with Crippen molar-refractivity contribution in [2.45, 2.75) is 6.92 Å². The van der Waals surface area contributed by atoms with E-state index in [1.165, 1.54) is 25.5 Å². The SMILES string of the molecule is CCOc1cc(/C=N/NC(=O)CNC(=O)c2ccc(F)cc2)ccc1OC(=O)c1ccc(OC)cc1. The number of rotatable bonds is 10. The summed E-state index contributed by atoms with van der Waals surface area (Å²) < 4.78 is 29.1. The van der Waals surface area contributed by atoms with Crippen molar-refractivity contribution in [3.05, 3.63) is 89.2 Å². The summed E-state index contributed by atoms with van der Waals surface area (Å²) in [6, 6.07) is 16.2. The number of carbonyl (C=O) groups excluding carboxylic acids is 3. The molecule has 0 atom stereocenters. The van der Waals surface area contributed by atoms with Crippen molar-refractivity contribution in [3.63, 3.8) is 0 Å². The summed E-state index contributed by atoms with van der Waals surface area (Å²) in [5.41, 5.74) is 3.43. The van der Waals surface area contributed by atoms with E-state index in [0.717, 1.165) is 12.1 Å². The fraction of sp³-hybridized carbons (Fsp3) is 0.154. The molecule has 3 aromatic carbocycles. The zero-order chi connectivity index (χ0) is 25.9. The molecule has 0 saturated heterocycles. The van der Waals surface area contributed by atoms with Crippen molar-refractivity contribution in [1.29, 1.82) is 0 Å². The average molecular weight is 493 g/mol. The van der Waals surface area contributed by atoms with Gasteiger partial charge in [-0.1, -0.05) is 0 Å². The summed E-state index contributed by atoms with van der Waals surface area (Å²) in [6.45, 7) is 1.80. The van der Waals surface area contributed by atoms with E-state index in [1.54, 1.807) is 49.4 Å². The number of nitrogens with zero attached hydrogens (tertiary/aromatic N) is 1.